The van der Waals surface area contributed by atoms with Crippen LogP contribution in [0.4, 0.5) is 0 Å². The van der Waals surface area contributed by atoms with Gasteiger partial charge in [0.2, 0.25) is 0 Å². The summed E-state index contributed by atoms with van der Waals surface area (Å²) in [4.78, 5) is 0. The summed E-state index contributed by atoms with van der Waals surface area (Å²) < 4.78 is 10.5. The van der Waals surface area contributed by atoms with E-state index in [1.54, 1.807) is 26.4 Å². The van der Waals surface area contributed by atoms with Crippen LogP contribution >= 0.6 is 0 Å². The fraction of sp³-hybridized carbons (Fsp3) is 0.300. The van der Waals surface area contributed by atoms with Crippen LogP contribution in [-0.4, -0.2) is 24.4 Å². The van der Waals surface area contributed by atoms with Crippen molar-refractivity contribution in [3.63, 3.8) is 0 Å². The number of phenolic OH excluding ortho intramolecular Hbond substituents is 2. The highest BCUT2D eigenvalue weighted by atomic mass is 16.5. The van der Waals surface area contributed by atoms with Gasteiger partial charge >= 0.3 is 0 Å². The van der Waals surface area contributed by atoms with Gasteiger partial charge in [-0.2, -0.15) is 0 Å². The summed E-state index contributed by atoms with van der Waals surface area (Å²) in [6, 6.07) is 10.8. The summed E-state index contributed by atoms with van der Waals surface area (Å²) in [5.74, 6) is 1.16. The number of ether oxygens (including phenoxy) is 2. The number of aromatic hydroxyl groups is 2. The van der Waals surface area contributed by atoms with Crippen LogP contribution < -0.4 is 9.47 Å². The van der Waals surface area contributed by atoms with Gasteiger partial charge in [-0.15, -0.1) is 0 Å². The fourth-order valence-corrected chi connectivity index (χ4v) is 2.91. The third-order valence-corrected chi connectivity index (χ3v) is 4.13. The van der Waals surface area contributed by atoms with E-state index in [0.29, 0.717) is 11.5 Å². The van der Waals surface area contributed by atoms with Gasteiger partial charge in [0.25, 0.3) is 0 Å². The molecule has 0 aliphatic heterocycles. The maximum atomic E-state index is 9.82. The lowest BCUT2D eigenvalue weighted by molar-refractivity contribution is 0.373. The molecule has 0 bridgehead atoms. The summed E-state index contributed by atoms with van der Waals surface area (Å²) in [5.41, 5.74) is 4.36. The standard InChI is InChI=1S/C20H24O4/c1-5-15(13-7-9-17(21)19(11-13)23-3)16(6-2)14-8-10-18(22)20(12-14)24-4/h7-12,21-22H,5-6H2,1-4H3/b16-15+. The van der Waals surface area contributed by atoms with Gasteiger partial charge in [0.05, 0.1) is 14.2 Å². The smallest absolute Gasteiger partial charge is 0.161 e. The van der Waals surface area contributed by atoms with Crippen molar-refractivity contribution in [3.05, 3.63) is 47.5 Å². The monoisotopic (exact) mass is 328 g/mol. The lowest BCUT2D eigenvalue weighted by atomic mass is 9.91. The second-order valence-electron chi connectivity index (χ2n) is 5.44. The highest BCUT2D eigenvalue weighted by Crippen LogP contribution is 2.37. The van der Waals surface area contributed by atoms with Crippen LogP contribution in [0, 0.1) is 0 Å². The zero-order valence-electron chi connectivity index (χ0n) is 14.6. The average Bonchev–Trinajstić information content (AvgIpc) is 2.61. The van der Waals surface area contributed by atoms with Crippen molar-refractivity contribution >= 4 is 11.1 Å². The molecule has 0 heterocycles. The van der Waals surface area contributed by atoms with E-state index in [1.807, 2.05) is 24.3 Å². The first kappa shape index (κ1) is 17.7. The van der Waals surface area contributed by atoms with E-state index in [4.69, 9.17) is 9.47 Å². The topological polar surface area (TPSA) is 58.9 Å². The Bertz CT molecular complexity index is 684. The summed E-state index contributed by atoms with van der Waals surface area (Å²) in [6.07, 6.45) is 1.67. The normalized spacial score (nSPS) is 11.8. The molecule has 2 aromatic carbocycles. The molecule has 0 amide bonds. The Hall–Kier alpha value is -2.62. The molecule has 0 aromatic heterocycles. The van der Waals surface area contributed by atoms with E-state index in [0.717, 1.165) is 24.0 Å². The molecule has 0 atom stereocenters. The molecule has 0 unspecified atom stereocenters. The molecule has 0 saturated carbocycles. The number of hydrogen-bond donors (Lipinski definition) is 2. The van der Waals surface area contributed by atoms with Crippen molar-refractivity contribution in [2.45, 2.75) is 26.7 Å². The minimum absolute atomic E-state index is 0.126. The summed E-state index contributed by atoms with van der Waals surface area (Å²) in [6.45, 7) is 4.20. The Morgan fingerprint density at radius 2 is 1.12 bits per heavy atom. The minimum Gasteiger partial charge on any atom is -0.504 e. The SMILES string of the molecule is CC/C(=C(/CC)c1ccc(O)c(OC)c1)c1ccc(O)c(OC)c1. The van der Waals surface area contributed by atoms with Crippen molar-refractivity contribution in [1.82, 2.24) is 0 Å². The third-order valence-electron chi connectivity index (χ3n) is 4.13. The van der Waals surface area contributed by atoms with Crippen molar-refractivity contribution in [2.75, 3.05) is 14.2 Å². The largest absolute Gasteiger partial charge is 0.504 e. The first-order valence-electron chi connectivity index (χ1n) is 8.02. The first-order valence-corrected chi connectivity index (χ1v) is 8.02. The van der Waals surface area contributed by atoms with Gasteiger partial charge in [-0.05, 0) is 59.4 Å². The number of benzene rings is 2. The molecule has 0 aliphatic carbocycles. The zero-order valence-corrected chi connectivity index (χ0v) is 14.6. The highest BCUT2D eigenvalue weighted by Gasteiger charge is 2.13. The van der Waals surface area contributed by atoms with Gasteiger partial charge in [0.15, 0.2) is 23.0 Å². The summed E-state index contributed by atoms with van der Waals surface area (Å²) >= 11 is 0. The number of hydrogen-bond acceptors (Lipinski definition) is 4. The number of phenols is 2. The Balaban J connectivity index is 2.62. The zero-order chi connectivity index (χ0) is 17.7. The van der Waals surface area contributed by atoms with Gasteiger partial charge in [-0.1, -0.05) is 26.0 Å². The van der Waals surface area contributed by atoms with E-state index in [2.05, 4.69) is 13.8 Å². The summed E-state index contributed by atoms with van der Waals surface area (Å²) in [7, 11) is 3.08. The van der Waals surface area contributed by atoms with Crippen LogP contribution in [0.1, 0.15) is 37.8 Å². The molecule has 4 heteroatoms. The molecular weight excluding hydrogens is 304 g/mol. The average molecular weight is 328 g/mol. The quantitative estimate of drug-likeness (QED) is 0.745. The van der Waals surface area contributed by atoms with E-state index in [-0.39, 0.29) is 11.5 Å². The highest BCUT2D eigenvalue weighted by molar-refractivity contribution is 5.91. The van der Waals surface area contributed by atoms with Crippen molar-refractivity contribution in [2.24, 2.45) is 0 Å². The first-order chi connectivity index (χ1) is 11.5. The number of rotatable bonds is 6. The van der Waals surface area contributed by atoms with Crippen LogP contribution in [-0.2, 0) is 0 Å². The Morgan fingerprint density at radius 1 is 0.750 bits per heavy atom. The maximum Gasteiger partial charge on any atom is 0.161 e. The molecule has 0 saturated heterocycles. The number of methoxy groups -OCH3 is 2. The van der Waals surface area contributed by atoms with Crippen LogP contribution in [0.5, 0.6) is 23.0 Å². The molecule has 0 aliphatic rings. The van der Waals surface area contributed by atoms with E-state index in [9.17, 15) is 10.2 Å². The maximum absolute atomic E-state index is 9.82. The Labute approximate surface area is 143 Å². The van der Waals surface area contributed by atoms with Crippen LogP contribution in [0.2, 0.25) is 0 Å². The second kappa shape index (κ2) is 7.77. The molecule has 2 N–H and O–H groups in total. The van der Waals surface area contributed by atoms with Crippen molar-refractivity contribution < 1.29 is 19.7 Å². The lowest BCUT2D eigenvalue weighted by Gasteiger charge is -2.16. The van der Waals surface area contributed by atoms with E-state index >= 15 is 0 Å². The molecule has 4 nitrogen and oxygen atoms in total. The second-order valence-corrected chi connectivity index (χ2v) is 5.44. The number of allylic oxidation sites excluding steroid dienone is 2. The molecule has 2 rings (SSSR count). The van der Waals surface area contributed by atoms with Crippen molar-refractivity contribution in [3.8, 4) is 23.0 Å². The molecule has 24 heavy (non-hydrogen) atoms. The Morgan fingerprint density at radius 3 is 1.42 bits per heavy atom. The van der Waals surface area contributed by atoms with Crippen LogP contribution in [0.3, 0.4) is 0 Å². The van der Waals surface area contributed by atoms with Gasteiger partial charge in [0, 0.05) is 0 Å². The molecular formula is C20H24O4. The van der Waals surface area contributed by atoms with Gasteiger partial charge in [-0.3, -0.25) is 0 Å². The predicted octanol–water partition coefficient (Wildman–Crippen LogP) is 4.85. The van der Waals surface area contributed by atoms with Gasteiger partial charge in [-0.25, -0.2) is 0 Å². The molecule has 0 radical (unpaired) electrons. The molecule has 0 fully saturated rings. The van der Waals surface area contributed by atoms with E-state index in [1.165, 1.54) is 11.1 Å². The van der Waals surface area contributed by atoms with Crippen molar-refractivity contribution in [1.29, 1.82) is 0 Å². The minimum atomic E-state index is 0.126. The van der Waals surface area contributed by atoms with Gasteiger partial charge < -0.3 is 19.7 Å². The fourth-order valence-electron chi connectivity index (χ4n) is 2.91. The van der Waals surface area contributed by atoms with E-state index < -0.39 is 0 Å². The molecule has 128 valence electrons. The van der Waals surface area contributed by atoms with Gasteiger partial charge in [0.1, 0.15) is 0 Å². The summed E-state index contributed by atoms with van der Waals surface area (Å²) in [5, 5.41) is 19.6. The predicted molar refractivity (Wildman–Crippen MR) is 96.7 cm³/mol. The van der Waals surface area contributed by atoms with Crippen LogP contribution in [0.25, 0.3) is 11.1 Å². The Kier molecular flexibility index (Phi) is 5.74. The van der Waals surface area contributed by atoms with Crippen LogP contribution in [0.15, 0.2) is 36.4 Å². The molecule has 0 spiro atoms. The lowest BCUT2D eigenvalue weighted by Crippen LogP contribution is -1.94. The molecule has 2 aromatic rings. The third kappa shape index (κ3) is 3.48.